The summed E-state index contributed by atoms with van der Waals surface area (Å²) in [5, 5.41) is 11.5. The van der Waals surface area contributed by atoms with Crippen LogP contribution in [0.25, 0.3) is 21.9 Å². The van der Waals surface area contributed by atoms with Crippen LogP contribution in [0, 0.1) is 0 Å². The normalized spacial score (nSPS) is 10.5. The van der Waals surface area contributed by atoms with Crippen LogP contribution in [-0.2, 0) is 4.74 Å². The van der Waals surface area contributed by atoms with Crippen LogP contribution in [0.1, 0.15) is 10.4 Å². The number of carbonyl (C=O) groups is 1. The number of hydrogen-bond acceptors (Lipinski definition) is 3. The van der Waals surface area contributed by atoms with E-state index in [1.54, 1.807) is 24.3 Å². The Balaban J connectivity index is 2.00. The fourth-order valence-electron chi connectivity index (χ4n) is 2.33. The lowest BCUT2D eigenvalue weighted by atomic mass is 10.0. The molecule has 0 radical (unpaired) electrons. The topological polar surface area (TPSA) is 46.5 Å². The number of rotatable bonds is 2. The predicted octanol–water partition coefficient (Wildman–Crippen LogP) is 4.00. The Labute approximate surface area is 122 Å². The largest absolute Gasteiger partial charge is 0.508 e. The molecule has 0 fully saturated rings. The molecule has 3 nitrogen and oxygen atoms in total. The molecule has 0 aromatic heterocycles. The zero-order chi connectivity index (χ0) is 14.8. The van der Waals surface area contributed by atoms with Crippen LogP contribution in [0.2, 0.25) is 0 Å². The molecule has 3 rings (SSSR count). The number of methoxy groups -OCH3 is 1. The van der Waals surface area contributed by atoms with Crippen molar-refractivity contribution < 1.29 is 14.6 Å². The van der Waals surface area contributed by atoms with E-state index in [0.29, 0.717) is 5.56 Å². The summed E-state index contributed by atoms with van der Waals surface area (Å²) in [6, 6.07) is 18.6. The maximum absolute atomic E-state index is 11.4. The summed E-state index contributed by atoms with van der Waals surface area (Å²) in [5.74, 6) is -0.0757. The zero-order valence-corrected chi connectivity index (χ0v) is 11.5. The summed E-state index contributed by atoms with van der Waals surface area (Å²) in [6.45, 7) is 0. The van der Waals surface area contributed by atoms with Crippen molar-refractivity contribution in [3.8, 4) is 16.9 Å². The molecule has 0 saturated carbocycles. The van der Waals surface area contributed by atoms with Gasteiger partial charge in [0, 0.05) is 0 Å². The van der Waals surface area contributed by atoms with Gasteiger partial charge in [-0.05, 0) is 52.2 Å². The molecule has 0 bridgehead atoms. The van der Waals surface area contributed by atoms with E-state index in [-0.39, 0.29) is 11.7 Å². The number of carbonyl (C=O) groups excluding carboxylic acids is 1. The first-order chi connectivity index (χ1) is 10.2. The Morgan fingerprint density at radius 3 is 2.19 bits per heavy atom. The number of esters is 1. The van der Waals surface area contributed by atoms with Crippen molar-refractivity contribution in [2.75, 3.05) is 7.11 Å². The maximum atomic E-state index is 11.4. The SMILES string of the molecule is COC(=O)c1ccc(-c2ccc3cc(O)ccc3c2)cc1. The Hall–Kier alpha value is -2.81. The van der Waals surface area contributed by atoms with Crippen molar-refractivity contribution in [3.05, 3.63) is 66.2 Å². The minimum Gasteiger partial charge on any atom is -0.508 e. The van der Waals surface area contributed by atoms with Gasteiger partial charge in [0.05, 0.1) is 12.7 Å². The summed E-state index contributed by atoms with van der Waals surface area (Å²) < 4.78 is 4.69. The van der Waals surface area contributed by atoms with Gasteiger partial charge in [0.2, 0.25) is 0 Å². The Kier molecular flexibility index (Phi) is 3.32. The number of phenolic OH excluding ortho intramolecular Hbond substituents is 1. The van der Waals surface area contributed by atoms with E-state index in [9.17, 15) is 9.90 Å². The third kappa shape index (κ3) is 2.58. The van der Waals surface area contributed by atoms with Crippen LogP contribution in [0.15, 0.2) is 60.7 Å². The van der Waals surface area contributed by atoms with Crippen LogP contribution in [-0.4, -0.2) is 18.2 Å². The highest BCUT2D eigenvalue weighted by molar-refractivity contribution is 5.91. The molecule has 3 heteroatoms. The van der Waals surface area contributed by atoms with Crippen molar-refractivity contribution in [3.63, 3.8) is 0 Å². The second-order valence-electron chi connectivity index (χ2n) is 4.82. The minimum atomic E-state index is -0.337. The van der Waals surface area contributed by atoms with E-state index in [1.807, 2.05) is 30.3 Å². The monoisotopic (exact) mass is 278 g/mol. The highest BCUT2D eigenvalue weighted by Gasteiger charge is 2.06. The van der Waals surface area contributed by atoms with Crippen molar-refractivity contribution in [1.29, 1.82) is 0 Å². The summed E-state index contributed by atoms with van der Waals surface area (Å²) in [5.41, 5.74) is 2.62. The average Bonchev–Trinajstić information content (AvgIpc) is 2.53. The lowest BCUT2D eigenvalue weighted by molar-refractivity contribution is 0.0601. The highest BCUT2D eigenvalue weighted by atomic mass is 16.5. The first-order valence-electron chi connectivity index (χ1n) is 6.59. The minimum absolute atomic E-state index is 0.262. The number of fused-ring (bicyclic) bond motifs is 1. The summed E-state index contributed by atoms with van der Waals surface area (Å²) in [7, 11) is 1.37. The first kappa shape index (κ1) is 13.2. The van der Waals surface area contributed by atoms with Crippen molar-refractivity contribution in [1.82, 2.24) is 0 Å². The molecule has 3 aromatic rings. The second kappa shape index (κ2) is 5.29. The molecule has 0 aliphatic carbocycles. The molecule has 21 heavy (non-hydrogen) atoms. The van der Waals surface area contributed by atoms with Gasteiger partial charge in [-0.15, -0.1) is 0 Å². The molecule has 1 N–H and O–H groups in total. The van der Waals surface area contributed by atoms with Crippen LogP contribution in [0.4, 0.5) is 0 Å². The molecule has 3 aromatic carbocycles. The van der Waals surface area contributed by atoms with Crippen LogP contribution in [0.5, 0.6) is 5.75 Å². The number of benzene rings is 3. The Morgan fingerprint density at radius 2 is 1.48 bits per heavy atom. The van der Waals surface area contributed by atoms with E-state index in [0.717, 1.165) is 21.9 Å². The highest BCUT2D eigenvalue weighted by Crippen LogP contribution is 2.26. The molecule has 0 unspecified atom stereocenters. The van der Waals surface area contributed by atoms with Crippen LogP contribution in [0.3, 0.4) is 0 Å². The smallest absolute Gasteiger partial charge is 0.337 e. The molecule has 104 valence electrons. The van der Waals surface area contributed by atoms with Crippen molar-refractivity contribution in [2.45, 2.75) is 0 Å². The first-order valence-corrected chi connectivity index (χ1v) is 6.59. The van der Waals surface area contributed by atoms with E-state index in [4.69, 9.17) is 0 Å². The van der Waals surface area contributed by atoms with Gasteiger partial charge in [0.15, 0.2) is 0 Å². The molecule has 0 atom stereocenters. The molecule has 0 heterocycles. The predicted molar refractivity (Wildman–Crippen MR) is 82.4 cm³/mol. The van der Waals surface area contributed by atoms with Crippen molar-refractivity contribution in [2.24, 2.45) is 0 Å². The molecule has 0 aliphatic rings. The number of phenols is 1. The fourth-order valence-corrected chi connectivity index (χ4v) is 2.33. The van der Waals surface area contributed by atoms with E-state index >= 15 is 0 Å². The molecule has 0 aliphatic heterocycles. The van der Waals surface area contributed by atoms with E-state index < -0.39 is 0 Å². The third-order valence-corrected chi connectivity index (χ3v) is 3.46. The van der Waals surface area contributed by atoms with Crippen LogP contribution >= 0.6 is 0 Å². The zero-order valence-electron chi connectivity index (χ0n) is 11.5. The van der Waals surface area contributed by atoms with Gasteiger partial charge in [-0.2, -0.15) is 0 Å². The van der Waals surface area contributed by atoms with Crippen LogP contribution < -0.4 is 0 Å². The quantitative estimate of drug-likeness (QED) is 0.721. The summed E-state index contributed by atoms with van der Waals surface area (Å²) >= 11 is 0. The number of aromatic hydroxyl groups is 1. The Bertz CT molecular complexity index is 804. The van der Waals surface area contributed by atoms with Gasteiger partial charge in [-0.1, -0.05) is 30.3 Å². The van der Waals surface area contributed by atoms with E-state index in [1.165, 1.54) is 7.11 Å². The summed E-state index contributed by atoms with van der Waals surface area (Å²) in [4.78, 5) is 11.4. The van der Waals surface area contributed by atoms with Gasteiger partial charge < -0.3 is 9.84 Å². The lowest BCUT2D eigenvalue weighted by Crippen LogP contribution is -2.00. The Morgan fingerprint density at radius 1 is 0.857 bits per heavy atom. The standard InChI is InChI=1S/C18H14O3/c1-21-18(20)13-4-2-12(3-5-13)14-6-7-16-11-17(19)9-8-15(16)10-14/h2-11,19H,1H3. The molecular weight excluding hydrogens is 264 g/mol. The molecule has 0 saturated heterocycles. The van der Waals surface area contributed by atoms with Gasteiger partial charge in [0.25, 0.3) is 0 Å². The lowest BCUT2D eigenvalue weighted by Gasteiger charge is -2.06. The van der Waals surface area contributed by atoms with Crippen molar-refractivity contribution >= 4 is 16.7 Å². The van der Waals surface area contributed by atoms with Gasteiger partial charge in [0.1, 0.15) is 5.75 Å². The second-order valence-corrected chi connectivity index (χ2v) is 4.82. The number of ether oxygens (including phenoxy) is 1. The molecule has 0 spiro atoms. The third-order valence-electron chi connectivity index (χ3n) is 3.46. The van der Waals surface area contributed by atoms with Gasteiger partial charge >= 0.3 is 5.97 Å². The summed E-state index contributed by atoms with van der Waals surface area (Å²) in [6.07, 6.45) is 0. The molecular formula is C18H14O3. The number of hydrogen-bond donors (Lipinski definition) is 1. The maximum Gasteiger partial charge on any atom is 0.337 e. The van der Waals surface area contributed by atoms with Gasteiger partial charge in [-0.3, -0.25) is 0 Å². The average molecular weight is 278 g/mol. The fraction of sp³-hybridized carbons (Fsp3) is 0.0556. The molecule has 0 amide bonds. The van der Waals surface area contributed by atoms with Gasteiger partial charge in [-0.25, -0.2) is 4.79 Å². The van der Waals surface area contributed by atoms with E-state index in [2.05, 4.69) is 10.8 Å².